The second kappa shape index (κ2) is 11.8. The first-order valence-electron chi connectivity index (χ1n) is 14.4. The summed E-state index contributed by atoms with van der Waals surface area (Å²) in [6.07, 6.45) is 15.1. The van der Waals surface area contributed by atoms with Crippen LogP contribution < -0.4 is 0 Å². The number of hydrogen-bond donors (Lipinski definition) is 4. The predicted octanol–water partition coefficient (Wildman–Crippen LogP) is 5.64. The Morgan fingerprint density at radius 1 is 1.06 bits per heavy atom. The fraction of sp³-hybridized carbons (Fsp3) is 0.839. The minimum Gasteiger partial charge on any atom is -0.393 e. The molecule has 3 saturated carbocycles. The van der Waals surface area contributed by atoms with Gasteiger partial charge in [0.05, 0.1) is 17.8 Å². The van der Waals surface area contributed by atoms with Gasteiger partial charge in [0.1, 0.15) is 5.60 Å². The zero-order chi connectivity index (χ0) is 26.7. The SMILES string of the molecule is CC(C)(O)CCC[C@@H](CCC(=O)C(C)(C)O)[C@H]1CC[C@H]2/C(=C/C=C3C[C@@H](O)C[C@H](O)C3)CCC[C@]12C. The second-order valence-electron chi connectivity index (χ2n) is 13.6. The quantitative estimate of drug-likeness (QED) is 0.309. The fourth-order valence-corrected chi connectivity index (χ4v) is 7.55. The van der Waals surface area contributed by atoms with Gasteiger partial charge in [0.2, 0.25) is 0 Å². The van der Waals surface area contributed by atoms with Crippen molar-refractivity contribution in [2.75, 3.05) is 0 Å². The molecule has 6 atom stereocenters. The fourth-order valence-electron chi connectivity index (χ4n) is 7.55. The summed E-state index contributed by atoms with van der Waals surface area (Å²) in [5.41, 5.74) is 0.894. The van der Waals surface area contributed by atoms with Crippen molar-refractivity contribution in [3.05, 3.63) is 23.3 Å². The van der Waals surface area contributed by atoms with Crippen LogP contribution in [0.25, 0.3) is 0 Å². The van der Waals surface area contributed by atoms with Crippen LogP contribution in [0.15, 0.2) is 23.3 Å². The molecule has 0 saturated heterocycles. The van der Waals surface area contributed by atoms with Crippen molar-refractivity contribution in [1.29, 1.82) is 0 Å². The summed E-state index contributed by atoms with van der Waals surface area (Å²) in [4.78, 5) is 12.6. The summed E-state index contributed by atoms with van der Waals surface area (Å²) in [5.74, 6) is 1.40. The first kappa shape index (κ1) is 29.5. The Hall–Kier alpha value is -1.01. The van der Waals surface area contributed by atoms with E-state index >= 15 is 0 Å². The standard InChI is InChI=1S/C31H52O5/c1-29(2,35)16-6-8-23(12-15-28(34)30(3,4)36)27-14-13-26-22(9-7-17-31(26,27)5)11-10-21-18-24(32)20-25(33)19-21/h10-11,23-27,32-33,35-36H,6-9,12-20H2,1-5H3/b22-11+/t23-,24+,25+,26-,27+,31-/m0/s1. The Balaban J connectivity index is 1.76. The van der Waals surface area contributed by atoms with Crippen molar-refractivity contribution in [3.63, 3.8) is 0 Å². The Kier molecular flexibility index (Phi) is 9.68. The van der Waals surface area contributed by atoms with Gasteiger partial charge in [-0.2, -0.15) is 0 Å². The van der Waals surface area contributed by atoms with Crippen LogP contribution in [0.3, 0.4) is 0 Å². The molecule has 5 nitrogen and oxygen atoms in total. The monoisotopic (exact) mass is 504 g/mol. The largest absolute Gasteiger partial charge is 0.393 e. The number of hydrogen-bond acceptors (Lipinski definition) is 5. The molecule has 206 valence electrons. The van der Waals surface area contributed by atoms with Gasteiger partial charge >= 0.3 is 0 Å². The van der Waals surface area contributed by atoms with Crippen molar-refractivity contribution in [2.45, 2.75) is 141 Å². The van der Waals surface area contributed by atoms with Crippen LogP contribution in [0.1, 0.15) is 118 Å². The smallest absolute Gasteiger partial charge is 0.163 e. The van der Waals surface area contributed by atoms with E-state index in [1.807, 2.05) is 13.8 Å². The number of fused-ring (bicyclic) bond motifs is 1. The van der Waals surface area contributed by atoms with E-state index in [0.717, 1.165) is 44.1 Å². The van der Waals surface area contributed by atoms with Crippen LogP contribution in [0, 0.1) is 23.2 Å². The van der Waals surface area contributed by atoms with Crippen molar-refractivity contribution in [1.82, 2.24) is 0 Å². The molecule has 0 amide bonds. The molecule has 0 spiro atoms. The molecule has 0 aromatic heterocycles. The van der Waals surface area contributed by atoms with Crippen LogP contribution in [0.5, 0.6) is 0 Å². The van der Waals surface area contributed by atoms with Crippen LogP contribution in [0.2, 0.25) is 0 Å². The lowest BCUT2D eigenvalue weighted by molar-refractivity contribution is -0.134. The summed E-state index contributed by atoms with van der Waals surface area (Å²) in [6.45, 7) is 9.36. The van der Waals surface area contributed by atoms with E-state index in [4.69, 9.17) is 0 Å². The number of carbonyl (C=O) groups excluding carboxylic acids is 1. The molecule has 3 aliphatic rings. The summed E-state index contributed by atoms with van der Waals surface area (Å²) in [7, 11) is 0. The van der Waals surface area contributed by atoms with E-state index in [1.165, 1.54) is 24.8 Å². The van der Waals surface area contributed by atoms with E-state index in [9.17, 15) is 25.2 Å². The van der Waals surface area contributed by atoms with Crippen LogP contribution in [0.4, 0.5) is 0 Å². The minimum absolute atomic E-state index is 0.0811. The van der Waals surface area contributed by atoms with E-state index in [0.29, 0.717) is 43.4 Å². The number of aliphatic hydroxyl groups excluding tert-OH is 2. The summed E-state index contributed by atoms with van der Waals surface area (Å²) in [6, 6.07) is 0. The third kappa shape index (κ3) is 7.75. The van der Waals surface area contributed by atoms with Crippen molar-refractivity contribution in [2.24, 2.45) is 23.2 Å². The summed E-state index contributed by atoms with van der Waals surface area (Å²) < 4.78 is 0. The number of carbonyl (C=O) groups is 1. The third-order valence-electron chi connectivity index (χ3n) is 9.47. The Labute approximate surface area is 219 Å². The Bertz CT molecular complexity index is 802. The third-order valence-corrected chi connectivity index (χ3v) is 9.47. The van der Waals surface area contributed by atoms with Gasteiger partial charge in [-0.3, -0.25) is 4.79 Å². The molecule has 0 aromatic rings. The van der Waals surface area contributed by atoms with Crippen molar-refractivity contribution < 1.29 is 25.2 Å². The van der Waals surface area contributed by atoms with Crippen molar-refractivity contribution >= 4 is 5.78 Å². The van der Waals surface area contributed by atoms with Crippen LogP contribution in [-0.2, 0) is 4.79 Å². The van der Waals surface area contributed by atoms with E-state index in [1.54, 1.807) is 13.8 Å². The first-order valence-corrected chi connectivity index (χ1v) is 14.4. The van der Waals surface area contributed by atoms with Gasteiger partial charge in [-0.1, -0.05) is 43.1 Å². The molecule has 4 N–H and O–H groups in total. The number of aliphatic hydroxyl groups is 4. The van der Waals surface area contributed by atoms with Gasteiger partial charge in [-0.15, -0.1) is 0 Å². The number of allylic oxidation sites excluding steroid dienone is 3. The van der Waals surface area contributed by atoms with Crippen molar-refractivity contribution in [3.8, 4) is 0 Å². The predicted molar refractivity (Wildman–Crippen MR) is 144 cm³/mol. The molecule has 3 aliphatic carbocycles. The first-order chi connectivity index (χ1) is 16.7. The molecule has 5 heteroatoms. The van der Waals surface area contributed by atoms with E-state index in [2.05, 4.69) is 19.1 Å². The normalized spacial score (nSPS) is 33.5. The van der Waals surface area contributed by atoms with E-state index in [-0.39, 0.29) is 11.2 Å². The zero-order valence-electron chi connectivity index (χ0n) is 23.4. The molecular weight excluding hydrogens is 452 g/mol. The lowest BCUT2D eigenvalue weighted by Crippen LogP contribution is -2.37. The number of ketones is 1. The maximum Gasteiger partial charge on any atom is 0.163 e. The molecule has 36 heavy (non-hydrogen) atoms. The highest BCUT2D eigenvalue weighted by atomic mass is 16.3. The highest BCUT2D eigenvalue weighted by Gasteiger charge is 2.51. The number of rotatable bonds is 10. The molecular formula is C31H52O5. The highest BCUT2D eigenvalue weighted by molar-refractivity contribution is 5.86. The topological polar surface area (TPSA) is 98.0 Å². The Morgan fingerprint density at radius 3 is 2.33 bits per heavy atom. The molecule has 3 rings (SSSR count). The van der Waals surface area contributed by atoms with Gasteiger partial charge in [0, 0.05) is 6.42 Å². The average Bonchev–Trinajstić information content (AvgIpc) is 3.09. The molecule has 0 aromatic carbocycles. The van der Waals surface area contributed by atoms with Gasteiger partial charge in [-0.25, -0.2) is 0 Å². The van der Waals surface area contributed by atoms with E-state index < -0.39 is 23.4 Å². The molecule has 3 fully saturated rings. The summed E-state index contributed by atoms with van der Waals surface area (Å²) >= 11 is 0. The maximum absolute atomic E-state index is 12.6. The molecule has 0 aliphatic heterocycles. The van der Waals surface area contributed by atoms with Crippen LogP contribution in [-0.4, -0.2) is 49.6 Å². The second-order valence-corrected chi connectivity index (χ2v) is 13.6. The molecule has 0 heterocycles. The Morgan fingerprint density at radius 2 is 1.72 bits per heavy atom. The molecule has 0 radical (unpaired) electrons. The van der Waals surface area contributed by atoms with Crippen LogP contribution >= 0.6 is 0 Å². The summed E-state index contributed by atoms with van der Waals surface area (Å²) in [5, 5.41) is 40.6. The van der Waals surface area contributed by atoms with Gasteiger partial charge < -0.3 is 20.4 Å². The highest BCUT2D eigenvalue weighted by Crippen LogP contribution is 2.60. The lowest BCUT2D eigenvalue weighted by Gasteiger charge is -2.45. The van der Waals surface area contributed by atoms with Gasteiger partial charge in [0.15, 0.2) is 5.78 Å². The van der Waals surface area contributed by atoms with Gasteiger partial charge in [0.25, 0.3) is 0 Å². The molecule has 0 unspecified atom stereocenters. The maximum atomic E-state index is 12.6. The van der Waals surface area contributed by atoms with Gasteiger partial charge in [-0.05, 0) is 115 Å². The molecule has 0 bridgehead atoms. The lowest BCUT2D eigenvalue weighted by atomic mass is 9.60. The minimum atomic E-state index is -1.28. The zero-order valence-corrected chi connectivity index (χ0v) is 23.4. The average molecular weight is 505 g/mol. The number of Topliss-reactive ketones (excluding diaryl/α,β-unsaturated/α-hetero) is 1.